The summed E-state index contributed by atoms with van der Waals surface area (Å²) in [6.45, 7) is 6.28. The van der Waals surface area contributed by atoms with Crippen molar-refractivity contribution in [1.29, 1.82) is 0 Å². The Kier molecular flexibility index (Phi) is 9.41. The molecule has 0 bridgehead atoms. The largest absolute Gasteiger partial charge is 0.0622 e. The molecule has 27 heavy (non-hydrogen) atoms. The van der Waals surface area contributed by atoms with Crippen LogP contribution in [0.1, 0.15) is 60.3 Å². The van der Waals surface area contributed by atoms with Crippen molar-refractivity contribution in [2.75, 3.05) is 0 Å². The molecule has 0 N–H and O–H groups in total. The molecular weight excluding hydrogens is 324 g/mol. The van der Waals surface area contributed by atoms with E-state index in [1.807, 2.05) is 18.2 Å². The fraction of sp³-hybridized carbons (Fsp3) is 0.333. The Balaban J connectivity index is 0.000000153. The van der Waals surface area contributed by atoms with Crippen LogP contribution in [-0.4, -0.2) is 0 Å². The minimum atomic E-state index is 0.861. The van der Waals surface area contributed by atoms with Crippen LogP contribution < -0.4 is 0 Å². The normalized spacial score (nSPS) is 13.6. The molecule has 0 saturated heterocycles. The molecule has 0 spiro atoms. The van der Waals surface area contributed by atoms with Crippen molar-refractivity contribution >= 4 is 0 Å². The molecule has 0 unspecified atom stereocenters. The van der Waals surface area contributed by atoms with Gasteiger partial charge < -0.3 is 0 Å². The lowest BCUT2D eigenvalue weighted by Crippen LogP contribution is -2.03. The maximum absolute atomic E-state index is 2.27. The van der Waals surface area contributed by atoms with E-state index in [1.54, 1.807) is 5.56 Å². The van der Waals surface area contributed by atoms with E-state index in [2.05, 4.69) is 87.5 Å². The van der Waals surface area contributed by atoms with Gasteiger partial charge in [-0.1, -0.05) is 121 Å². The van der Waals surface area contributed by atoms with Gasteiger partial charge in [0.1, 0.15) is 0 Å². The number of aryl methyl sites for hydroxylation is 3. The molecule has 4 rings (SSSR count). The first kappa shape index (κ1) is 21.0. The van der Waals surface area contributed by atoms with Crippen LogP contribution in [0.3, 0.4) is 0 Å². The van der Waals surface area contributed by atoms with Crippen molar-refractivity contribution in [3.63, 3.8) is 0 Å². The highest BCUT2D eigenvalue weighted by Gasteiger charge is 2.14. The quantitative estimate of drug-likeness (QED) is 0.413. The smallest absolute Gasteiger partial charge is 0.0162 e. The van der Waals surface area contributed by atoms with Crippen molar-refractivity contribution in [2.45, 2.75) is 58.8 Å². The minimum absolute atomic E-state index is 0.861. The summed E-state index contributed by atoms with van der Waals surface area (Å²) in [6.07, 6.45) is 7.12. The summed E-state index contributed by atoms with van der Waals surface area (Å²) in [5.41, 5.74) is 5.53. The Bertz CT molecular complexity index is 699. The predicted octanol–water partition coefficient (Wildman–Crippen LogP) is 8.03. The Hall–Kier alpha value is -2.34. The first-order valence-corrected chi connectivity index (χ1v) is 10.2. The van der Waals surface area contributed by atoms with Crippen LogP contribution in [0.4, 0.5) is 0 Å². The molecular formula is C27H34. The molecule has 0 amide bonds. The van der Waals surface area contributed by atoms with Crippen molar-refractivity contribution in [3.05, 3.63) is 107 Å². The van der Waals surface area contributed by atoms with Gasteiger partial charge in [0.05, 0.1) is 0 Å². The monoisotopic (exact) mass is 358 g/mol. The first-order chi connectivity index (χ1) is 13.1. The fourth-order valence-electron chi connectivity index (χ4n) is 3.33. The lowest BCUT2D eigenvalue weighted by Gasteiger charge is -2.21. The number of rotatable bonds is 1. The van der Waals surface area contributed by atoms with Crippen LogP contribution in [0.25, 0.3) is 0 Å². The number of hydrogen-bond donors (Lipinski definition) is 0. The van der Waals surface area contributed by atoms with E-state index in [0.29, 0.717) is 0 Å². The number of hydrogen-bond acceptors (Lipinski definition) is 0. The molecule has 0 heteroatoms. The van der Waals surface area contributed by atoms with Gasteiger partial charge in [0.15, 0.2) is 0 Å². The zero-order chi connectivity index (χ0) is 19.3. The van der Waals surface area contributed by atoms with Gasteiger partial charge in [-0.2, -0.15) is 0 Å². The highest BCUT2D eigenvalue weighted by molar-refractivity contribution is 5.20. The summed E-state index contributed by atoms with van der Waals surface area (Å²) in [5.74, 6) is 0.861. The summed E-state index contributed by atoms with van der Waals surface area (Å²) < 4.78 is 0. The Morgan fingerprint density at radius 2 is 0.889 bits per heavy atom. The van der Waals surface area contributed by atoms with Gasteiger partial charge in [-0.15, -0.1) is 0 Å². The Morgan fingerprint density at radius 1 is 0.481 bits per heavy atom. The van der Waals surface area contributed by atoms with Gasteiger partial charge in [0.2, 0.25) is 0 Å². The Labute approximate surface area is 166 Å². The van der Waals surface area contributed by atoms with Crippen molar-refractivity contribution < 1.29 is 0 Å². The summed E-state index contributed by atoms with van der Waals surface area (Å²) in [6, 6.07) is 29.7. The molecule has 1 fully saturated rings. The molecule has 0 aliphatic heterocycles. The molecule has 0 atom stereocenters. The maximum Gasteiger partial charge on any atom is -0.0162 e. The molecule has 1 saturated carbocycles. The summed E-state index contributed by atoms with van der Waals surface area (Å²) in [4.78, 5) is 0. The molecule has 0 radical (unpaired) electrons. The van der Waals surface area contributed by atoms with Crippen molar-refractivity contribution in [2.24, 2.45) is 0 Å². The second-order valence-corrected chi connectivity index (χ2v) is 7.56. The lowest BCUT2D eigenvalue weighted by atomic mass is 9.84. The molecule has 1 aliphatic carbocycles. The van der Waals surface area contributed by atoms with E-state index in [0.717, 1.165) is 5.92 Å². The van der Waals surface area contributed by atoms with Crippen LogP contribution in [0, 0.1) is 20.8 Å². The van der Waals surface area contributed by atoms with E-state index >= 15 is 0 Å². The lowest BCUT2D eigenvalue weighted by molar-refractivity contribution is 0.443. The zero-order valence-electron chi connectivity index (χ0n) is 17.2. The molecule has 142 valence electrons. The summed E-state index contributed by atoms with van der Waals surface area (Å²) >= 11 is 0. The van der Waals surface area contributed by atoms with E-state index in [-0.39, 0.29) is 0 Å². The van der Waals surface area contributed by atoms with Gasteiger partial charge in [-0.05, 0) is 45.1 Å². The highest BCUT2D eigenvalue weighted by atomic mass is 14.2. The SMILES string of the molecule is Cc1ccc(C)cc1.Cc1ccccc1.c1ccc(C2CCCCC2)cc1. The second-order valence-electron chi connectivity index (χ2n) is 7.56. The molecule has 3 aromatic carbocycles. The van der Waals surface area contributed by atoms with E-state index in [9.17, 15) is 0 Å². The van der Waals surface area contributed by atoms with Crippen LogP contribution in [-0.2, 0) is 0 Å². The standard InChI is InChI=1S/C12H16.C8H10.C7H8/c1-3-7-11(8-4-1)12-9-5-2-6-10-12;1-7-3-5-8(2)6-4-7;1-7-5-3-2-4-6-7/h1,3-4,7-8,12H,2,5-6,9-10H2;3-6H,1-2H3;2-6H,1H3. The zero-order valence-corrected chi connectivity index (χ0v) is 17.2. The molecule has 0 nitrogen and oxygen atoms in total. The number of benzene rings is 3. The van der Waals surface area contributed by atoms with Crippen LogP contribution in [0.15, 0.2) is 84.9 Å². The van der Waals surface area contributed by atoms with Gasteiger partial charge in [-0.3, -0.25) is 0 Å². The average Bonchev–Trinajstić information content (AvgIpc) is 2.73. The maximum atomic E-state index is 2.27. The summed E-state index contributed by atoms with van der Waals surface area (Å²) in [7, 11) is 0. The van der Waals surface area contributed by atoms with Crippen LogP contribution in [0.5, 0.6) is 0 Å². The third-order valence-corrected chi connectivity index (χ3v) is 5.03. The van der Waals surface area contributed by atoms with Gasteiger partial charge >= 0.3 is 0 Å². The van der Waals surface area contributed by atoms with Gasteiger partial charge in [-0.25, -0.2) is 0 Å². The predicted molar refractivity (Wildman–Crippen MR) is 119 cm³/mol. The van der Waals surface area contributed by atoms with Crippen molar-refractivity contribution in [1.82, 2.24) is 0 Å². The van der Waals surface area contributed by atoms with E-state index < -0.39 is 0 Å². The summed E-state index contributed by atoms with van der Waals surface area (Å²) in [5, 5.41) is 0. The molecule has 3 aromatic rings. The molecule has 0 heterocycles. The van der Waals surface area contributed by atoms with Gasteiger partial charge in [0.25, 0.3) is 0 Å². The van der Waals surface area contributed by atoms with Crippen molar-refractivity contribution in [3.8, 4) is 0 Å². The highest BCUT2D eigenvalue weighted by Crippen LogP contribution is 2.32. The first-order valence-electron chi connectivity index (χ1n) is 10.2. The van der Waals surface area contributed by atoms with E-state index in [1.165, 1.54) is 48.8 Å². The van der Waals surface area contributed by atoms with Gasteiger partial charge in [0, 0.05) is 0 Å². The average molecular weight is 359 g/mol. The second kappa shape index (κ2) is 12.1. The van der Waals surface area contributed by atoms with E-state index in [4.69, 9.17) is 0 Å². The fourth-order valence-corrected chi connectivity index (χ4v) is 3.33. The Morgan fingerprint density at radius 3 is 1.30 bits per heavy atom. The topological polar surface area (TPSA) is 0 Å². The van der Waals surface area contributed by atoms with Crippen LogP contribution >= 0.6 is 0 Å². The third kappa shape index (κ3) is 8.73. The van der Waals surface area contributed by atoms with Crippen LogP contribution in [0.2, 0.25) is 0 Å². The minimum Gasteiger partial charge on any atom is -0.0622 e. The third-order valence-electron chi connectivity index (χ3n) is 5.03. The molecule has 1 aliphatic rings. The molecule has 0 aromatic heterocycles.